The Morgan fingerprint density at radius 3 is 2.90 bits per heavy atom. The van der Waals surface area contributed by atoms with Crippen LogP contribution in [0.3, 0.4) is 0 Å². The second kappa shape index (κ2) is 7.47. The lowest BCUT2D eigenvalue weighted by atomic mass is 10.2. The van der Waals surface area contributed by atoms with Gasteiger partial charge in [-0.1, -0.05) is 15.9 Å². The molecule has 0 atom stereocenters. The minimum atomic E-state index is -0.204. The van der Waals surface area contributed by atoms with Crippen LogP contribution in [0.25, 0.3) is 6.08 Å². The van der Waals surface area contributed by atoms with Crippen LogP contribution in [-0.2, 0) is 11.3 Å². The van der Waals surface area contributed by atoms with Gasteiger partial charge in [-0.25, -0.2) is 0 Å². The number of hydrogen-bond donors (Lipinski definition) is 1. The Hall–Kier alpha value is -1.53. The summed E-state index contributed by atoms with van der Waals surface area (Å²) in [6.45, 7) is 0.357. The second-order valence-electron chi connectivity index (χ2n) is 4.14. The van der Waals surface area contributed by atoms with Gasteiger partial charge >= 0.3 is 0 Å². The molecule has 0 saturated carbocycles. The number of carbonyl (C=O) groups excluding carboxylic acids is 1. The van der Waals surface area contributed by atoms with Crippen molar-refractivity contribution in [1.82, 2.24) is 5.32 Å². The van der Waals surface area contributed by atoms with Crippen molar-refractivity contribution in [2.24, 2.45) is 0 Å². The van der Waals surface area contributed by atoms with Crippen LogP contribution in [-0.4, -0.2) is 13.0 Å². The first kappa shape index (κ1) is 15.9. The summed E-state index contributed by atoms with van der Waals surface area (Å²) in [5.41, 5.74) is 0.798. The van der Waals surface area contributed by atoms with Crippen LogP contribution < -0.4 is 10.1 Å². The van der Waals surface area contributed by atoms with Crippen molar-refractivity contribution in [3.8, 4) is 5.75 Å². The molecule has 110 valence electrons. The standard InChI is InChI=1S/C15H13Br2NO3/c1-20-15-10(7-11(16)8-13(15)17)4-5-14(19)18-9-12-3-2-6-21-12/h2-8H,9H2,1H3,(H,18,19)/b5-4+. The van der Waals surface area contributed by atoms with Gasteiger partial charge < -0.3 is 14.5 Å². The van der Waals surface area contributed by atoms with E-state index in [0.717, 1.165) is 14.5 Å². The molecule has 0 aliphatic carbocycles. The first-order chi connectivity index (χ1) is 10.1. The van der Waals surface area contributed by atoms with Gasteiger partial charge in [0, 0.05) is 16.1 Å². The molecule has 1 amide bonds. The Morgan fingerprint density at radius 1 is 1.43 bits per heavy atom. The largest absolute Gasteiger partial charge is 0.495 e. The predicted octanol–water partition coefficient (Wildman–Crippen LogP) is 4.14. The topological polar surface area (TPSA) is 51.5 Å². The summed E-state index contributed by atoms with van der Waals surface area (Å²) >= 11 is 6.83. The van der Waals surface area contributed by atoms with Crippen molar-refractivity contribution in [3.05, 3.63) is 56.9 Å². The SMILES string of the molecule is COc1c(Br)cc(Br)cc1/C=C/C(=O)NCc1ccco1. The molecule has 1 aromatic carbocycles. The molecule has 0 saturated heterocycles. The normalized spacial score (nSPS) is 10.8. The Kier molecular flexibility index (Phi) is 5.64. The fourth-order valence-electron chi connectivity index (χ4n) is 1.73. The van der Waals surface area contributed by atoms with Crippen LogP contribution in [0.1, 0.15) is 11.3 Å². The van der Waals surface area contributed by atoms with Gasteiger partial charge in [0.1, 0.15) is 11.5 Å². The zero-order valence-corrected chi connectivity index (χ0v) is 14.4. The van der Waals surface area contributed by atoms with E-state index in [1.54, 1.807) is 31.6 Å². The van der Waals surface area contributed by atoms with Gasteiger partial charge in [0.25, 0.3) is 0 Å². The van der Waals surface area contributed by atoms with Gasteiger partial charge in [0.05, 0.1) is 24.4 Å². The quantitative estimate of drug-likeness (QED) is 0.748. The lowest BCUT2D eigenvalue weighted by molar-refractivity contribution is -0.116. The molecule has 0 spiro atoms. The Labute approximate surface area is 139 Å². The van der Waals surface area contributed by atoms with E-state index in [1.165, 1.54) is 6.08 Å². The lowest BCUT2D eigenvalue weighted by Gasteiger charge is -2.08. The number of methoxy groups -OCH3 is 1. The molecule has 0 bridgehead atoms. The number of nitrogens with one attached hydrogen (secondary N) is 1. The van der Waals surface area contributed by atoms with Crippen molar-refractivity contribution in [2.75, 3.05) is 7.11 Å². The summed E-state index contributed by atoms with van der Waals surface area (Å²) in [5, 5.41) is 2.74. The number of halogens is 2. The average molecular weight is 415 g/mol. The Balaban J connectivity index is 2.04. The highest BCUT2D eigenvalue weighted by molar-refractivity contribution is 9.11. The van der Waals surface area contributed by atoms with E-state index in [4.69, 9.17) is 9.15 Å². The van der Waals surface area contributed by atoms with Gasteiger partial charge in [-0.2, -0.15) is 0 Å². The van der Waals surface area contributed by atoms with Crippen molar-refractivity contribution < 1.29 is 13.9 Å². The highest BCUT2D eigenvalue weighted by Crippen LogP contribution is 2.33. The minimum absolute atomic E-state index is 0.204. The number of hydrogen-bond acceptors (Lipinski definition) is 3. The fraction of sp³-hybridized carbons (Fsp3) is 0.133. The molecular weight excluding hydrogens is 402 g/mol. The summed E-state index contributed by atoms with van der Waals surface area (Å²) in [4.78, 5) is 11.8. The van der Waals surface area contributed by atoms with E-state index in [-0.39, 0.29) is 5.91 Å². The summed E-state index contributed by atoms with van der Waals surface area (Å²) in [7, 11) is 1.59. The third-order valence-electron chi connectivity index (χ3n) is 2.67. The van der Waals surface area contributed by atoms with Gasteiger partial charge in [-0.05, 0) is 46.3 Å². The summed E-state index contributed by atoms with van der Waals surface area (Å²) in [5.74, 6) is 1.18. The molecule has 21 heavy (non-hydrogen) atoms. The van der Waals surface area contributed by atoms with E-state index in [2.05, 4.69) is 37.2 Å². The molecule has 1 N–H and O–H groups in total. The first-order valence-corrected chi connectivity index (χ1v) is 7.70. The summed E-state index contributed by atoms with van der Waals surface area (Å²) in [6.07, 6.45) is 4.73. The summed E-state index contributed by atoms with van der Waals surface area (Å²) in [6, 6.07) is 7.34. The van der Waals surface area contributed by atoms with E-state index >= 15 is 0 Å². The van der Waals surface area contributed by atoms with Crippen LogP contribution in [0.15, 0.2) is 50.0 Å². The summed E-state index contributed by atoms with van der Waals surface area (Å²) < 4.78 is 12.2. The third kappa shape index (κ3) is 4.47. The van der Waals surface area contributed by atoms with Gasteiger partial charge in [0.15, 0.2) is 0 Å². The van der Waals surface area contributed by atoms with Crippen molar-refractivity contribution in [2.45, 2.75) is 6.54 Å². The maximum atomic E-state index is 11.8. The zero-order valence-electron chi connectivity index (χ0n) is 11.2. The van der Waals surface area contributed by atoms with Crippen LogP contribution in [0.4, 0.5) is 0 Å². The van der Waals surface area contributed by atoms with Gasteiger partial charge in [-0.15, -0.1) is 0 Å². The number of amides is 1. The monoisotopic (exact) mass is 413 g/mol. The number of ether oxygens (including phenoxy) is 1. The Morgan fingerprint density at radius 2 is 2.24 bits per heavy atom. The highest BCUT2D eigenvalue weighted by Gasteiger charge is 2.07. The molecule has 2 aromatic rings. The minimum Gasteiger partial charge on any atom is -0.495 e. The number of carbonyl (C=O) groups is 1. The van der Waals surface area contributed by atoms with Crippen molar-refractivity contribution in [1.29, 1.82) is 0 Å². The predicted molar refractivity (Wildman–Crippen MR) is 88.0 cm³/mol. The third-order valence-corrected chi connectivity index (χ3v) is 3.72. The molecule has 1 aromatic heterocycles. The van der Waals surface area contributed by atoms with Crippen LogP contribution in [0.5, 0.6) is 5.75 Å². The van der Waals surface area contributed by atoms with E-state index in [9.17, 15) is 4.79 Å². The number of furan rings is 1. The highest BCUT2D eigenvalue weighted by atomic mass is 79.9. The molecule has 0 aliphatic heterocycles. The maximum Gasteiger partial charge on any atom is 0.244 e. The molecular formula is C15H13Br2NO3. The molecule has 1 heterocycles. The molecule has 4 nitrogen and oxygen atoms in total. The maximum absolute atomic E-state index is 11.8. The van der Waals surface area contributed by atoms with Gasteiger partial charge in [-0.3, -0.25) is 4.79 Å². The molecule has 0 fully saturated rings. The van der Waals surface area contributed by atoms with Crippen LogP contribution in [0, 0.1) is 0 Å². The van der Waals surface area contributed by atoms with Crippen molar-refractivity contribution in [3.63, 3.8) is 0 Å². The smallest absolute Gasteiger partial charge is 0.244 e. The first-order valence-electron chi connectivity index (χ1n) is 6.11. The molecule has 6 heteroatoms. The molecule has 2 rings (SSSR count). The van der Waals surface area contributed by atoms with E-state index < -0.39 is 0 Å². The fourth-order valence-corrected chi connectivity index (χ4v) is 3.15. The van der Waals surface area contributed by atoms with Gasteiger partial charge in [0.2, 0.25) is 5.91 Å². The zero-order chi connectivity index (χ0) is 15.2. The van der Waals surface area contributed by atoms with Crippen LogP contribution >= 0.6 is 31.9 Å². The average Bonchev–Trinajstić information content (AvgIpc) is 2.95. The Bertz CT molecular complexity index is 651. The molecule has 0 unspecified atom stereocenters. The van der Waals surface area contributed by atoms with Crippen molar-refractivity contribution >= 4 is 43.8 Å². The van der Waals surface area contributed by atoms with E-state index in [1.807, 2.05) is 12.1 Å². The number of rotatable bonds is 5. The number of benzene rings is 1. The van der Waals surface area contributed by atoms with E-state index in [0.29, 0.717) is 18.1 Å². The molecule has 0 aliphatic rings. The lowest BCUT2D eigenvalue weighted by Crippen LogP contribution is -2.19. The molecule has 0 radical (unpaired) electrons. The second-order valence-corrected chi connectivity index (χ2v) is 5.91. The van der Waals surface area contributed by atoms with Crippen LogP contribution in [0.2, 0.25) is 0 Å².